The van der Waals surface area contributed by atoms with E-state index < -0.39 is 48.4 Å². The number of carbonyl (C=O) groups excluding carboxylic acids is 4. The fraction of sp³-hybridized carbons (Fsp3) is 0.250. The molecule has 3 aromatic rings. The second-order valence-corrected chi connectivity index (χ2v) is 10.9. The number of primary amides is 1. The molecule has 4 amide bonds. The summed E-state index contributed by atoms with van der Waals surface area (Å²) in [6.07, 6.45) is -1.73. The van der Waals surface area contributed by atoms with Crippen molar-refractivity contribution in [2.45, 2.75) is 49.5 Å². The molecule has 0 bridgehead atoms. The molecular weight excluding hydrogens is 584 g/mol. The Morgan fingerprint density at radius 3 is 2.02 bits per heavy atom. The molecule has 0 spiro atoms. The van der Waals surface area contributed by atoms with Crippen LogP contribution in [0.5, 0.6) is 5.75 Å². The van der Waals surface area contributed by atoms with Crippen molar-refractivity contribution in [1.82, 2.24) is 5.32 Å². The first-order chi connectivity index (χ1) is 21.1. The smallest absolute Gasteiger partial charge is 0.412 e. The fourth-order valence-corrected chi connectivity index (χ4v) is 5.05. The Labute approximate surface area is 259 Å². The summed E-state index contributed by atoms with van der Waals surface area (Å²) in [5, 5.41) is 7.84. The van der Waals surface area contributed by atoms with E-state index in [9.17, 15) is 19.2 Å². The van der Waals surface area contributed by atoms with Crippen molar-refractivity contribution in [2.24, 2.45) is 5.73 Å². The van der Waals surface area contributed by atoms with Crippen LogP contribution in [0.15, 0.2) is 95.4 Å². The molecule has 4 rings (SSSR count). The van der Waals surface area contributed by atoms with E-state index in [4.69, 9.17) is 19.9 Å². The van der Waals surface area contributed by atoms with Gasteiger partial charge >= 0.3 is 12.2 Å². The molecule has 12 heteroatoms. The second kappa shape index (κ2) is 15.0. The predicted molar refractivity (Wildman–Crippen MR) is 168 cm³/mol. The molecule has 0 aromatic heterocycles. The zero-order valence-corrected chi connectivity index (χ0v) is 25.3. The van der Waals surface area contributed by atoms with Crippen molar-refractivity contribution < 1.29 is 33.4 Å². The minimum absolute atomic E-state index is 0.146. The Kier molecular flexibility index (Phi) is 10.9. The second-order valence-electron chi connectivity index (χ2n) is 10.0. The molecule has 11 nitrogen and oxygen atoms in total. The number of nitrogens with two attached hydrogens (primary N) is 1. The third-order valence-corrected chi connectivity index (χ3v) is 7.62. The maximum Gasteiger partial charge on any atom is 0.412 e. The van der Waals surface area contributed by atoms with E-state index in [0.717, 1.165) is 10.5 Å². The molecular formula is C32H34N4O7S. The average molecular weight is 619 g/mol. The Balaban J connectivity index is 1.67. The van der Waals surface area contributed by atoms with Gasteiger partial charge in [-0.15, -0.1) is 11.8 Å². The van der Waals surface area contributed by atoms with E-state index >= 15 is 0 Å². The summed E-state index contributed by atoms with van der Waals surface area (Å²) in [5.74, 6) is -0.887. The number of nitrogens with one attached hydrogen (secondary N) is 3. The molecule has 3 aromatic carbocycles. The van der Waals surface area contributed by atoms with Crippen LogP contribution in [0.3, 0.4) is 0 Å². The van der Waals surface area contributed by atoms with E-state index in [1.165, 1.54) is 13.0 Å². The van der Waals surface area contributed by atoms with Crippen LogP contribution in [0.2, 0.25) is 0 Å². The molecule has 5 N–H and O–H groups in total. The number of ether oxygens (including phenoxy) is 3. The first kappa shape index (κ1) is 32.0. The van der Waals surface area contributed by atoms with E-state index in [1.54, 1.807) is 78.5 Å². The predicted octanol–water partition coefficient (Wildman–Crippen LogP) is 5.02. The normalized spacial score (nSPS) is 18.2. The van der Waals surface area contributed by atoms with Gasteiger partial charge in [-0.3, -0.25) is 20.2 Å². The number of aryl methyl sites for hydroxylation is 1. The van der Waals surface area contributed by atoms with Crippen molar-refractivity contribution in [3.8, 4) is 5.75 Å². The van der Waals surface area contributed by atoms with Gasteiger partial charge in [-0.2, -0.15) is 0 Å². The van der Waals surface area contributed by atoms with Gasteiger partial charge in [0.05, 0.1) is 0 Å². The van der Waals surface area contributed by atoms with Gasteiger partial charge in [-0.1, -0.05) is 36.4 Å². The number of anilines is 2. The molecule has 1 aliphatic carbocycles. The molecule has 0 aliphatic heterocycles. The van der Waals surface area contributed by atoms with Crippen LogP contribution in [-0.2, 0) is 19.1 Å². The number of thioether (sulfide) groups is 1. The summed E-state index contributed by atoms with van der Waals surface area (Å²) in [7, 11) is 0. The van der Waals surface area contributed by atoms with Crippen LogP contribution in [0, 0.1) is 6.92 Å². The Morgan fingerprint density at radius 1 is 0.886 bits per heavy atom. The topological polar surface area (TPSA) is 158 Å². The van der Waals surface area contributed by atoms with Gasteiger partial charge in [-0.05, 0) is 74.2 Å². The molecule has 0 saturated carbocycles. The van der Waals surface area contributed by atoms with Gasteiger partial charge in [-0.25, -0.2) is 9.59 Å². The van der Waals surface area contributed by atoms with Crippen molar-refractivity contribution in [3.05, 3.63) is 96.1 Å². The van der Waals surface area contributed by atoms with E-state index in [2.05, 4.69) is 16.0 Å². The largest absolute Gasteiger partial charge is 0.482 e. The highest BCUT2D eigenvalue weighted by Gasteiger charge is 2.42. The summed E-state index contributed by atoms with van der Waals surface area (Å²) in [5.41, 5.74) is 7.43. The van der Waals surface area contributed by atoms with Crippen LogP contribution in [0.25, 0.3) is 0 Å². The van der Waals surface area contributed by atoms with Gasteiger partial charge in [0.1, 0.15) is 17.9 Å². The van der Waals surface area contributed by atoms with Crippen LogP contribution < -0.4 is 26.4 Å². The minimum atomic E-state index is -1.18. The molecule has 4 unspecified atom stereocenters. The van der Waals surface area contributed by atoms with Crippen molar-refractivity contribution in [3.63, 3.8) is 0 Å². The van der Waals surface area contributed by atoms with Gasteiger partial charge in [0.25, 0.3) is 0 Å². The lowest BCUT2D eigenvalue weighted by atomic mass is 9.91. The van der Waals surface area contributed by atoms with Crippen LogP contribution >= 0.6 is 11.8 Å². The highest BCUT2D eigenvalue weighted by atomic mass is 32.2. The quantitative estimate of drug-likeness (QED) is 0.231. The standard InChI is InChI=1S/C32H34N4O7S/c1-19-16-24(14-15-27(19)44-3)41-25-17-21(30(38)34-20(2)29(33)37)18-26(42-31(39)35-22-10-6-4-7-11-22)28(25)43-32(40)36-23-12-8-5-9-13-23/h4-17,20,25-26,28H,18H2,1-3H3,(H2,33,37)(H,34,38)(H,35,39)(H,36,40). The lowest BCUT2D eigenvalue weighted by molar-refractivity contribution is -0.125. The molecule has 4 atom stereocenters. The molecule has 1 aliphatic rings. The summed E-state index contributed by atoms with van der Waals surface area (Å²) in [4.78, 5) is 52.0. The molecule has 0 fully saturated rings. The van der Waals surface area contributed by atoms with Crippen molar-refractivity contribution >= 4 is 47.1 Å². The zero-order chi connectivity index (χ0) is 31.6. The van der Waals surface area contributed by atoms with Gasteiger partial charge in [0.15, 0.2) is 12.2 Å². The highest BCUT2D eigenvalue weighted by molar-refractivity contribution is 7.98. The lowest BCUT2D eigenvalue weighted by Gasteiger charge is -2.35. The van der Waals surface area contributed by atoms with Crippen molar-refractivity contribution in [1.29, 1.82) is 0 Å². The molecule has 0 saturated heterocycles. The molecule has 0 radical (unpaired) electrons. The Hall–Kier alpha value is -4.97. The van der Waals surface area contributed by atoms with Crippen molar-refractivity contribution in [2.75, 3.05) is 16.9 Å². The highest BCUT2D eigenvalue weighted by Crippen LogP contribution is 2.31. The van der Waals surface area contributed by atoms with E-state index in [1.807, 2.05) is 25.3 Å². The number of rotatable bonds is 10. The third-order valence-electron chi connectivity index (χ3n) is 6.72. The monoisotopic (exact) mass is 618 g/mol. The van der Waals surface area contributed by atoms with Crippen LogP contribution in [0.4, 0.5) is 21.0 Å². The molecule has 230 valence electrons. The molecule has 44 heavy (non-hydrogen) atoms. The third kappa shape index (κ3) is 8.77. The summed E-state index contributed by atoms with van der Waals surface area (Å²) in [6, 6.07) is 21.8. The number of hydrogen-bond acceptors (Lipinski definition) is 8. The Bertz CT molecular complexity index is 1520. The van der Waals surface area contributed by atoms with E-state index in [0.29, 0.717) is 17.1 Å². The number of para-hydroxylation sites is 2. The van der Waals surface area contributed by atoms with E-state index in [-0.39, 0.29) is 12.0 Å². The average Bonchev–Trinajstić information content (AvgIpc) is 2.99. The number of hydrogen-bond donors (Lipinski definition) is 4. The van der Waals surface area contributed by atoms with Gasteiger partial charge in [0.2, 0.25) is 11.8 Å². The SMILES string of the molecule is CSc1ccc(OC2C=C(C(=O)NC(C)C(N)=O)CC(OC(=O)Nc3ccccc3)C2OC(=O)Nc2ccccc2)cc1C. The lowest BCUT2D eigenvalue weighted by Crippen LogP contribution is -2.51. The first-order valence-corrected chi connectivity index (χ1v) is 15.0. The van der Waals surface area contributed by atoms with Gasteiger partial charge in [0, 0.05) is 28.3 Å². The fourth-order valence-electron chi connectivity index (χ4n) is 4.47. The summed E-state index contributed by atoms with van der Waals surface area (Å²) in [6.45, 7) is 3.38. The number of benzene rings is 3. The maximum absolute atomic E-state index is 13.2. The Morgan fingerprint density at radius 2 is 1.48 bits per heavy atom. The molecule has 0 heterocycles. The summed E-state index contributed by atoms with van der Waals surface area (Å²) < 4.78 is 17.9. The van der Waals surface area contributed by atoms with Crippen LogP contribution in [0.1, 0.15) is 18.9 Å². The summed E-state index contributed by atoms with van der Waals surface area (Å²) >= 11 is 1.58. The first-order valence-electron chi connectivity index (χ1n) is 13.8. The zero-order valence-electron chi connectivity index (χ0n) is 24.4. The minimum Gasteiger partial charge on any atom is -0.482 e. The number of carbonyl (C=O) groups is 4. The number of amides is 4. The van der Waals surface area contributed by atoms with Crippen LogP contribution in [-0.4, -0.2) is 54.6 Å². The van der Waals surface area contributed by atoms with Gasteiger partial charge < -0.3 is 25.3 Å². The maximum atomic E-state index is 13.2.